The second kappa shape index (κ2) is 8.92. The molecule has 0 aliphatic carbocycles. The maximum Gasteiger partial charge on any atom is 0.229 e. The summed E-state index contributed by atoms with van der Waals surface area (Å²) in [6, 6.07) is 20.5. The van der Waals surface area contributed by atoms with E-state index in [1.807, 2.05) is 31.2 Å². The van der Waals surface area contributed by atoms with Crippen LogP contribution in [0.15, 0.2) is 60.7 Å². The summed E-state index contributed by atoms with van der Waals surface area (Å²) in [5, 5.41) is 3.30. The number of ether oxygens (including phenoxy) is 1. The molecule has 2 heterocycles. The van der Waals surface area contributed by atoms with Crippen LogP contribution in [-0.4, -0.2) is 48.2 Å². The lowest BCUT2D eigenvalue weighted by Gasteiger charge is -2.35. The molecule has 1 aromatic heterocycles. The van der Waals surface area contributed by atoms with Gasteiger partial charge in [0, 0.05) is 50.2 Å². The molecule has 1 fully saturated rings. The first kappa shape index (κ1) is 19.2. The normalized spacial score (nSPS) is 14.6. The van der Waals surface area contributed by atoms with Crippen LogP contribution >= 0.6 is 0 Å². The number of hydrogen-bond acceptors (Lipinski definition) is 6. The summed E-state index contributed by atoms with van der Waals surface area (Å²) < 4.78 is 5.21. The fraction of sp³-hybridized carbons (Fsp3) is 0.304. The minimum Gasteiger partial charge on any atom is -0.497 e. The van der Waals surface area contributed by atoms with Crippen molar-refractivity contribution in [2.75, 3.05) is 43.5 Å². The number of rotatable bonds is 6. The van der Waals surface area contributed by atoms with Crippen LogP contribution in [0.2, 0.25) is 0 Å². The van der Waals surface area contributed by atoms with Crippen LogP contribution in [0.25, 0.3) is 0 Å². The number of aryl methyl sites for hydroxylation is 1. The van der Waals surface area contributed by atoms with Crippen molar-refractivity contribution in [2.24, 2.45) is 0 Å². The fourth-order valence-electron chi connectivity index (χ4n) is 3.55. The van der Waals surface area contributed by atoms with E-state index in [-0.39, 0.29) is 0 Å². The van der Waals surface area contributed by atoms with Crippen LogP contribution in [-0.2, 0) is 6.54 Å². The number of nitrogens with one attached hydrogen (secondary N) is 1. The minimum absolute atomic E-state index is 0.622. The second-order valence-corrected chi connectivity index (χ2v) is 7.29. The van der Waals surface area contributed by atoms with Crippen molar-refractivity contribution < 1.29 is 4.74 Å². The van der Waals surface area contributed by atoms with Crippen molar-refractivity contribution in [1.29, 1.82) is 0 Å². The Bertz CT molecular complexity index is 922. The van der Waals surface area contributed by atoms with Crippen LogP contribution in [0.5, 0.6) is 5.75 Å². The zero-order valence-electron chi connectivity index (χ0n) is 17.0. The van der Waals surface area contributed by atoms with Crippen molar-refractivity contribution in [1.82, 2.24) is 14.9 Å². The van der Waals surface area contributed by atoms with Crippen LogP contribution in [0.1, 0.15) is 11.3 Å². The molecule has 1 N–H and O–H groups in total. The van der Waals surface area contributed by atoms with E-state index >= 15 is 0 Å². The van der Waals surface area contributed by atoms with Crippen molar-refractivity contribution in [3.8, 4) is 5.75 Å². The van der Waals surface area contributed by atoms with Crippen LogP contribution in [0.4, 0.5) is 17.5 Å². The molecule has 1 saturated heterocycles. The van der Waals surface area contributed by atoms with Gasteiger partial charge in [0.2, 0.25) is 5.95 Å². The van der Waals surface area contributed by atoms with Gasteiger partial charge in [-0.3, -0.25) is 4.90 Å². The average Bonchev–Trinajstić information content (AvgIpc) is 2.75. The third-order valence-corrected chi connectivity index (χ3v) is 5.13. The summed E-state index contributed by atoms with van der Waals surface area (Å²) in [6.45, 7) is 6.99. The molecule has 29 heavy (non-hydrogen) atoms. The number of benzene rings is 2. The maximum atomic E-state index is 5.21. The van der Waals surface area contributed by atoms with Crippen molar-refractivity contribution in [3.63, 3.8) is 0 Å². The lowest BCUT2D eigenvalue weighted by molar-refractivity contribution is 0.249. The predicted molar refractivity (Wildman–Crippen MR) is 117 cm³/mol. The van der Waals surface area contributed by atoms with Gasteiger partial charge >= 0.3 is 0 Å². The number of piperazine rings is 1. The summed E-state index contributed by atoms with van der Waals surface area (Å²) in [5.41, 5.74) is 3.26. The zero-order chi connectivity index (χ0) is 20.1. The highest BCUT2D eigenvalue weighted by molar-refractivity contribution is 5.56. The van der Waals surface area contributed by atoms with E-state index in [4.69, 9.17) is 9.72 Å². The summed E-state index contributed by atoms with van der Waals surface area (Å²) in [5.74, 6) is 2.43. The standard InChI is InChI=1S/C23H27N5O/c1-18-16-22(26-23(24-18)25-20-8-10-21(29-2)11-9-20)28-14-12-27(13-15-28)17-19-6-4-3-5-7-19/h3-11,16H,12-15,17H2,1-2H3,(H,24,25,26). The summed E-state index contributed by atoms with van der Waals surface area (Å²) >= 11 is 0. The molecule has 0 saturated carbocycles. The molecular weight excluding hydrogens is 362 g/mol. The molecule has 1 aliphatic heterocycles. The topological polar surface area (TPSA) is 53.5 Å². The van der Waals surface area contributed by atoms with Gasteiger partial charge in [0.1, 0.15) is 11.6 Å². The largest absolute Gasteiger partial charge is 0.497 e. The van der Waals surface area contributed by atoms with E-state index in [0.717, 1.165) is 55.7 Å². The molecule has 6 nitrogen and oxygen atoms in total. The third-order valence-electron chi connectivity index (χ3n) is 5.13. The first-order valence-electron chi connectivity index (χ1n) is 9.97. The number of methoxy groups -OCH3 is 1. The molecule has 3 aromatic rings. The average molecular weight is 390 g/mol. The highest BCUT2D eigenvalue weighted by atomic mass is 16.5. The van der Waals surface area contributed by atoms with Gasteiger partial charge in [-0.2, -0.15) is 4.98 Å². The third kappa shape index (κ3) is 5.03. The fourth-order valence-corrected chi connectivity index (χ4v) is 3.55. The summed E-state index contributed by atoms with van der Waals surface area (Å²) in [4.78, 5) is 14.1. The predicted octanol–water partition coefficient (Wildman–Crippen LogP) is 3.86. The zero-order valence-corrected chi connectivity index (χ0v) is 17.0. The molecule has 1 aliphatic rings. The smallest absolute Gasteiger partial charge is 0.229 e. The Morgan fingerprint density at radius 3 is 2.34 bits per heavy atom. The van der Waals surface area contributed by atoms with E-state index in [1.54, 1.807) is 7.11 Å². The van der Waals surface area contributed by atoms with E-state index in [0.29, 0.717) is 5.95 Å². The Morgan fingerprint density at radius 1 is 0.931 bits per heavy atom. The van der Waals surface area contributed by atoms with E-state index in [9.17, 15) is 0 Å². The first-order valence-corrected chi connectivity index (χ1v) is 9.97. The Morgan fingerprint density at radius 2 is 1.66 bits per heavy atom. The lowest BCUT2D eigenvalue weighted by Crippen LogP contribution is -2.46. The molecule has 0 amide bonds. The number of hydrogen-bond donors (Lipinski definition) is 1. The molecular formula is C23H27N5O. The Hall–Kier alpha value is -3.12. The van der Waals surface area contributed by atoms with Crippen LogP contribution in [0.3, 0.4) is 0 Å². The number of aromatic nitrogens is 2. The van der Waals surface area contributed by atoms with Crippen molar-refractivity contribution in [2.45, 2.75) is 13.5 Å². The second-order valence-electron chi connectivity index (χ2n) is 7.29. The van der Waals surface area contributed by atoms with Gasteiger partial charge in [0.05, 0.1) is 7.11 Å². The highest BCUT2D eigenvalue weighted by Gasteiger charge is 2.19. The van der Waals surface area contributed by atoms with E-state index in [2.05, 4.69) is 56.5 Å². The van der Waals surface area contributed by atoms with Crippen molar-refractivity contribution in [3.05, 3.63) is 71.9 Å². The van der Waals surface area contributed by atoms with Crippen LogP contribution < -0.4 is 15.0 Å². The SMILES string of the molecule is COc1ccc(Nc2nc(C)cc(N3CCN(Cc4ccccc4)CC3)n2)cc1. The molecule has 150 valence electrons. The Labute approximate surface area is 172 Å². The summed E-state index contributed by atoms with van der Waals surface area (Å²) in [7, 11) is 1.66. The number of nitrogens with zero attached hydrogens (tertiary/aromatic N) is 4. The molecule has 0 spiro atoms. The molecule has 0 bridgehead atoms. The minimum atomic E-state index is 0.622. The first-order chi connectivity index (χ1) is 14.2. The number of anilines is 3. The van der Waals surface area contributed by atoms with Crippen molar-refractivity contribution >= 4 is 17.5 Å². The molecule has 0 radical (unpaired) electrons. The quantitative estimate of drug-likeness (QED) is 0.691. The molecule has 0 atom stereocenters. The van der Waals surface area contributed by atoms with Gasteiger partial charge in [0.15, 0.2) is 0 Å². The molecule has 6 heteroatoms. The molecule has 4 rings (SSSR count). The monoisotopic (exact) mass is 389 g/mol. The van der Waals surface area contributed by atoms with Gasteiger partial charge in [-0.1, -0.05) is 30.3 Å². The van der Waals surface area contributed by atoms with E-state index in [1.165, 1.54) is 5.56 Å². The van der Waals surface area contributed by atoms with Crippen LogP contribution in [0, 0.1) is 6.92 Å². The molecule has 2 aromatic carbocycles. The Kier molecular flexibility index (Phi) is 5.91. The van der Waals surface area contributed by atoms with Gasteiger partial charge in [-0.15, -0.1) is 0 Å². The highest BCUT2D eigenvalue weighted by Crippen LogP contribution is 2.21. The maximum absolute atomic E-state index is 5.21. The summed E-state index contributed by atoms with van der Waals surface area (Å²) in [6.07, 6.45) is 0. The lowest BCUT2D eigenvalue weighted by atomic mass is 10.2. The Balaban J connectivity index is 1.40. The van der Waals surface area contributed by atoms with Gasteiger partial charge in [0.25, 0.3) is 0 Å². The van der Waals surface area contributed by atoms with Gasteiger partial charge in [-0.05, 0) is 36.8 Å². The molecule has 0 unspecified atom stereocenters. The van der Waals surface area contributed by atoms with Gasteiger partial charge in [-0.25, -0.2) is 4.98 Å². The van der Waals surface area contributed by atoms with Gasteiger partial charge < -0.3 is 15.0 Å². The van der Waals surface area contributed by atoms with E-state index < -0.39 is 0 Å².